The second-order valence-corrected chi connectivity index (χ2v) is 6.48. The van der Waals surface area contributed by atoms with Crippen molar-refractivity contribution in [1.82, 2.24) is 10.2 Å². The van der Waals surface area contributed by atoms with Crippen molar-refractivity contribution in [2.24, 2.45) is 5.73 Å². The lowest BCUT2D eigenvalue weighted by molar-refractivity contribution is 0.596. The molecule has 0 fully saturated rings. The van der Waals surface area contributed by atoms with Gasteiger partial charge in [-0.25, -0.2) is 0 Å². The summed E-state index contributed by atoms with van der Waals surface area (Å²) in [6.07, 6.45) is 0. The topological polar surface area (TPSA) is 101 Å². The fourth-order valence-electron chi connectivity index (χ4n) is 1.66. The SMILES string of the molecule is Cc1[nH]nc(S(=O)(=O)Nc2ccc(Cl)c(Cl)c2)c1CN. The minimum atomic E-state index is -3.84. The van der Waals surface area contributed by atoms with E-state index in [9.17, 15) is 8.42 Å². The number of rotatable bonds is 4. The lowest BCUT2D eigenvalue weighted by Gasteiger charge is -2.08. The van der Waals surface area contributed by atoms with Crippen molar-refractivity contribution in [1.29, 1.82) is 0 Å². The summed E-state index contributed by atoms with van der Waals surface area (Å²) in [5.41, 5.74) is 6.89. The predicted octanol–water partition coefficient (Wildman–Crippen LogP) is 2.28. The fraction of sp³-hybridized carbons (Fsp3) is 0.182. The number of aryl methyl sites for hydroxylation is 1. The Morgan fingerprint density at radius 3 is 2.65 bits per heavy atom. The van der Waals surface area contributed by atoms with Crippen molar-refractivity contribution < 1.29 is 8.42 Å². The highest BCUT2D eigenvalue weighted by molar-refractivity contribution is 7.92. The van der Waals surface area contributed by atoms with Crippen LogP contribution in [-0.4, -0.2) is 18.6 Å². The third kappa shape index (κ3) is 2.90. The van der Waals surface area contributed by atoms with Crippen LogP contribution in [0, 0.1) is 6.92 Å². The molecule has 0 bridgehead atoms. The molecule has 0 aliphatic carbocycles. The maximum absolute atomic E-state index is 12.3. The molecule has 0 saturated heterocycles. The molecule has 0 spiro atoms. The van der Waals surface area contributed by atoms with E-state index in [1.807, 2.05) is 0 Å². The van der Waals surface area contributed by atoms with Gasteiger partial charge >= 0.3 is 0 Å². The van der Waals surface area contributed by atoms with E-state index >= 15 is 0 Å². The normalized spacial score (nSPS) is 11.6. The van der Waals surface area contributed by atoms with E-state index in [0.29, 0.717) is 22.0 Å². The van der Waals surface area contributed by atoms with Crippen LogP contribution >= 0.6 is 23.2 Å². The molecule has 0 unspecified atom stereocenters. The Morgan fingerprint density at radius 1 is 1.35 bits per heavy atom. The lowest BCUT2D eigenvalue weighted by atomic mass is 10.3. The minimum Gasteiger partial charge on any atom is -0.326 e. The first-order chi connectivity index (χ1) is 9.35. The number of halogens is 2. The zero-order valence-electron chi connectivity index (χ0n) is 10.4. The lowest BCUT2D eigenvalue weighted by Crippen LogP contribution is -2.16. The van der Waals surface area contributed by atoms with Crippen molar-refractivity contribution in [3.63, 3.8) is 0 Å². The van der Waals surface area contributed by atoms with E-state index in [1.165, 1.54) is 18.2 Å². The molecular formula is C11H12Cl2N4O2S. The largest absolute Gasteiger partial charge is 0.326 e. The molecule has 2 rings (SSSR count). The molecule has 0 saturated carbocycles. The smallest absolute Gasteiger partial charge is 0.281 e. The van der Waals surface area contributed by atoms with Gasteiger partial charge < -0.3 is 5.73 Å². The van der Waals surface area contributed by atoms with Crippen LogP contribution in [0.5, 0.6) is 0 Å². The van der Waals surface area contributed by atoms with Crippen LogP contribution in [-0.2, 0) is 16.6 Å². The molecule has 1 aromatic carbocycles. The molecular weight excluding hydrogens is 323 g/mol. The summed E-state index contributed by atoms with van der Waals surface area (Å²) in [4.78, 5) is 0. The highest BCUT2D eigenvalue weighted by Crippen LogP contribution is 2.27. The molecule has 6 nitrogen and oxygen atoms in total. The quantitative estimate of drug-likeness (QED) is 0.798. The highest BCUT2D eigenvalue weighted by atomic mass is 35.5. The number of nitrogens with one attached hydrogen (secondary N) is 2. The number of hydrogen-bond donors (Lipinski definition) is 3. The zero-order valence-corrected chi connectivity index (χ0v) is 12.8. The number of nitrogens with zero attached hydrogens (tertiary/aromatic N) is 1. The number of aromatic amines is 1. The van der Waals surface area contributed by atoms with Gasteiger partial charge in [-0.05, 0) is 25.1 Å². The third-order valence-corrected chi connectivity index (χ3v) is 4.76. The number of anilines is 1. The monoisotopic (exact) mass is 334 g/mol. The van der Waals surface area contributed by atoms with Gasteiger partial charge in [0.05, 0.1) is 15.7 Å². The first kappa shape index (κ1) is 15.1. The molecule has 20 heavy (non-hydrogen) atoms. The Kier molecular flexibility index (Phi) is 4.24. The average Bonchev–Trinajstić information content (AvgIpc) is 2.75. The number of sulfonamides is 1. The first-order valence-corrected chi connectivity index (χ1v) is 7.81. The summed E-state index contributed by atoms with van der Waals surface area (Å²) < 4.78 is 26.9. The summed E-state index contributed by atoms with van der Waals surface area (Å²) in [5.74, 6) is 0. The molecule has 2 aromatic rings. The van der Waals surface area contributed by atoms with Crippen molar-refractivity contribution in [2.45, 2.75) is 18.5 Å². The Hall–Kier alpha value is -1.28. The first-order valence-electron chi connectivity index (χ1n) is 5.57. The van der Waals surface area contributed by atoms with Crippen LogP contribution in [0.2, 0.25) is 10.0 Å². The number of nitrogens with two attached hydrogens (primary N) is 1. The van der Waals surface area contributed by atoms with Gasteiger partial charge in [-0.15, -0.1) is 0 Å². The molecule has 0 radical (unpaired) electrons. The summed E-state index contributed by atoms with van der Waals surface area (Å²) in [5, 5.41) is 6.86. The standard InChI is InChI=1S/C11H12Cl2N4O2S/c1-6-8(5-14)11(16-15-6)20(18,19)17-7-2-3-9(12)10(13)4-7/h2-4,17H,5,14H2,1H3,(H,15,16). The van der Waals surface area contributed by atoms with Gasteiger partial charge in [-0.3, -0.25) is 9.82 Å². The minimum absolute atomic E-state index is 0.0694. The van der Waals surface area contributed by atoms with Crippen molar-refractivity contribution in [3.8, 4) is 0 Å². The summed E-state index contributed by atoms with van der Waals surface area (Å²) >= 11 is 11.6. The summed E-state index contributed by atoms with van der Waals surface area (Å²) in [7, 11) is -3.84. The molecule has 4 N–H and O–H groups in total. The fourth-order valence-corrected chi connectivity index (χ4v) is 3.21. The second kappa shape index (κ2) is 5.61. The molecule has 108 valence electrons. The third-order valence-electron chi connectivity index (χ3n) is 2.67. The van der Waals surface area contributed by atoms with Gasteiger partial charge in [0, 0.05) is 17.8 Å². The van der Waals surface area contributed by atoms with E-state index in [4.69, 9.17) is 28.9 Å². The zero-order chi connectivity index (χ0) is 14.9. The Bertz CT molecular complexity index is 743. The van der Waals surface area contributed by atoms with Crippen LogP contribution in [0.1, 0.15) is 11.3 Å². The highest BCUT2D eigenvalue weighted by Gasteiger charge is 2.23. The Morgan fingerprint density at radius 2 is 2.05 bits per heavy atom. The van der Waals surface area contributed by atoms with Crippen molar-refractivity contribution in [3.05, 3.63) is 39.5 Å². The average molecular weight is 335 g/mol. The van der Waals surface area contributed by atoms with Gasteiger partial charge in [-0.2, -0.15) is 13.5 Å². The van der Waals surface area contributed by atoms with E-state index in [1.54, 1.807) is 6.92 Å². The van der Waals surface area contributed by atoms with Crippen LogP contribution in [0.4, 0.5) is 5.69 Å². The van der Waals surface area contributed by atoms with Crippen molar-refractivity contribution in [2.75, 3.05) is 4.72 Å². The van der Waals surface area contributed by atoms with Crippen LogP contribution < -0.4 is 10.5 Å². The summed E-state index contributed by atoms with van der Waals surface area (Å²) in [6.45, 7) is 1.77. The van der Waals surface area contributed by atoms with Gasteiger partial charge in [0.1, 0.15) is 0 Å². The summed E-state index contributed by atoms with van der Waals surface area (Å²) in [6, 6.07) is 4.43. The molecule has 0 aliphatic rings. The Labute approximate surface area is 126 Å². The van der Waals surface area contributed by atoms with E-state index < -0.39 is 10.0 Å². The molecule has 1 aromatic heterocycles. The number of benzene rings is 1. The molecule has 0 aliphatic heterocycles. The van der Waals surface area contributed by atoms with Gasteiger partial charge in [0.2, 0.25) is 5.03 Å². The van der Waals surface area contributed by atoms with Crippen LogP contribution in [0.3, 0.4) is 0 Å². The predicted molar refractivity (Wildman–Crippen MR) is 78.5 cm³/mol. The molecule has 0 atom stereocenters. The molecule has 0 amide bonds. The molecule has 9 heteroatoms. The second-order valence-electron chi connectivity index (χ2n) is 4.07. The van der Waals surface area contributed by atoms with Crippen LogP contribution in [0.25, 0.3) is 0 Å². The van der Waals surface area contributed by atoms with Gasteiger partial charge in [-0.1, -0.05) is 23.2 Å². The van der Waals surface area contributed by atoms with Gasteiger partial charge in [0.15, 0.2) is 0 Å². The van der Waals surface area contributed by atoms with E-state index in [0.717, 1.165) is 0 Å². The van der Waals surface area contributed by atoms with E-state index in [2.05, 4.69) is 14.9 Å². The molecule has 1 heterocycles. The van der Waals surface area contributed by atoms with Gasteiger partial charge in [0.25, 0.3) is 10.0 Å². The van der Waals surface area contributed by atoms with Crippen molar-refractivity contribution >= 4 is 38.9 Å². The number of H-pyrrole nitrogens is 1. The Balaban J connectivity index is 2.38. The van der Waals surface area contributed by atoms with Crippen LogP contribution in [0.15, 0.2) is 23.2 Å². The number of aromatic nitrogens is 2. The van der Waals surface area contributed by atoms with E-state index in [-0.39, 0.29) is 16.6 Å². The number of hydrogen-bond acceptors (Lipinski definition) is 4. The maximum atomic E-state index is 12.3. The maximum Gasteiger partial charge on any atom is 0.281 e.